The fourth-order valence-electron chi connectivity index (χ4n) is 1.38. The molecule has 0 radical (unpaired) electrons. The Labute approximate surface area is 106 Å². The van der Waals surface area contributed by atoms with Gasteiger partial charge in [0.1, 0.15) is 10.3 Å². The van der Waals surface area contributed by atoms with E-state index in [4.69, 9.17) is 0 Å². The van der Waals surface area contributed by atoms with E-state index in [2.05, 4.69) is 36.2 Å². The van der Waals surface area contributed by atoms with E-state index in [1.54, 1.807) is 6.20 Å². The number of H-pyrrole nitrogens is 1. The molecule has 2 aromatic heterocycles. The molecule has 0 bridgehead atoms. The molecule has 0 spiro atoms. The van der Waals surface area contributed by atoms with Crippen molar-refractivity contribution >= 4 is 21.7 Å². The first-order chi connectivity index (χ1) is 8.27. The van der Waals surface area contributed by atoms with Crippen LogP contribution in [0.5, 0.6) is 0 Å². The molecule has 2 N–H and O–H groups in total. The molecule has 6 heteroatoms. The molecule has 2 heterocycles. The standard InChI is InChI=1S/C11H11BrN4O/c12-9-10(15-7-16-11(9)17)14-5-3-8-2-1-4-13-6-8/h1-2,4,6-7H,3,5H2,(H2,14,15,16,17). The van der Waals surface area contributed by atoms with E-state index in [0.29, 0.717) is 16.8 Å². The Morgan fingerprint density at radius 1 is 1.47 bits per heavy atom. The van der Waals surface area contributed by atoms with Crippen molar-refractivity contribution in [2.75, 3.05) is 11.9 Å². The van der Waals surface area contributed by atoms with Gasteiger partial charge in [0.15, 0.2) is 0 Å². The van der Waals surface area contributed by atoms with E-state index >= 15 is 0 Å². The summed E-state index contributed by atoms with van der Waals surface area (Å²) in [6.07, 6.45) is 5.77. The predicted octanol–water partition coefficient (Wildman–Crippen LogP) is 1.58. The molecule has 17 heavy (non-hydrogen) atoms. The molecule has 0 unspecified atom stereocenters. The smallest absolute Gasteiger partial charge is 0.267 e. The van der Waals surface area contributed by atoms with E-state index in [1.165, 1.54) is 6.33 Å². The molecule has 2 aromatic rings. The van der Waals surface area contributed by atoms with Crippen molar-refractivity contribution in [3.8, 4) is 0 Å². The summed E-state index contributed by atoms with van der Waals surface area (Å²) < 4.78 is 0.422. The van der Waals surface area contributed by atoms with E-state index in [1.807, 2.05) is 18.3 Å². The van der Waals surface area contributed by atoms with Crippen LogP contribution in [-0.4, -0.2) is 21.5 Å². The van der Waals surface area contributed by atoms with Crippen molar-refractivity contribution in [3.63, 3.8) is 0 Å². The molecule has 0 amide bonds. The number of aromatic amines is 1. The van der Waals surface area contributed by atoms with E-state index < -0.39 is 0 Å². The molecule has 0 fully saturated rings. The minimum absolute atomic E-state index is 0.191. The van der Waals surface area contributed by atoms with Gasteiger partial charge in [0, 0.05) is 18.9 Å². The average molecular weight is 295 g/mol. The van der Waals surface area contributed by atoms with Crippen LogP contribution >= 0.6 is 15.9 Å². The third kappa shape index (κ3) is 3.13. The van der Waals surface area contributed by atoms with Gasteiger partial charge in [-0.1, -0.05) is 6.07 Å². The summed E-state index contributed by atoms with van der Waals surface area (Å²) in [5, 5.41) is 3.10. The highest BCUT2D eigenvalue weighted by atomic mass is 79.9. The van der Waals surface area contributed by atoms with Crippen molar-refractivity contribution < 1.29 is 0 Å². The lowest BCUT2D eigenvalue weighted by Crippen LogP contribution is -2.13. The monoisotopic (exact) mass is 294 g/mol. The van der Waals surface area contributed by atoms with Crippen LogP contribution in [0.25, 0.3) is 0 Å². The number of hydrogen-bond acceptors (Lipinski definition) is 4. The number of rotatable bonds is 4. The van der Waals surface area contributed by atoms with Gasteiger partial charge in [0.05, 0.1) is 6.33 Å². The Morgan fingerprint density at radius 3 is 3.12 bits per heavy atom. The van der Waals surface area contributed by atoms with E-state index in [9.17, 15) is 4.79 Å². The van der Waals surface area contributed by atoms with Crippen LogP contribution in [-0.2, 0) is 6.42 Å². The third-order valence-corrected chi connectivity index (χ3v) is 2.96. The van der Waals surface area contributed by atoms with Gasteiger partial charge >= 0.3 is 0 Å². The number of aromatic nitrogens is 3. The summed E-state index contributed by atoms with van der Waals surface area (Å²) in [6, 6.07) is 3.91. The zero-order valence-electron chi connectivity index (χ0n) is 8.98. The van der Waals surface area contributed by atoms with E-state index in [-0.39, 0.29) is 5.56 Å². The quantitative estimate of drug-likeness (QED) is 0.898. The number of pyridine rings is 1. The van der Waals surface area contributed by atoms with Gasteiger partial charge in [-0.15, -0.1) is 0 Å². The molecule has 0 atom stereocenters. The Kier molecular flexibility index (Phi) is 3.87. The van der Waals surface area contributed by atoms with Crippen molar-refractivity contribution in [2.24, 2.45) is 0 Å². The zero-order chi connectivity index (χ0) is 12.1. The molecule has 0 aliphatic rings. The lowest BCUT2D eigenvalue weighted by atomic mass is 10.2. The third-order valence-electron chi connectivity index (χ3n) is 2.23. The molecule has 0 saturated heterocycles. The number of anilines is 1. The molecule has 88 valence electrons. The van der Waals surface area contributed by atoms with Crippen LogP contribution in [0.3, 0.4) is 0 Å². The molecule has 0 aromatic carbocycles. The van der Waals surface area contributed by atoms with Crippen molar-refractivity contribution in [3.05, 3.63) is 51.2 Å². The number of nitrogens with one attached hydrogen (secondary N) is 2. The van der Waals surface area contributed by atoms with Crippen LogP contribution in [0.2, 0.25) is 0 Å². The number of hydrogen-bond donors (Lipinski definition) is 2. The average Bonchev–Trinajstić information content (AvgIpc) is 2.36. The summed E-state index contributed by atoms with van der Waals surface area (Å²) >= 11 is 3.19. The maximum absolute atomic E-state index is 11.3. The normalized spacial score (nSPS) is 10.2. The molecule has 0 aliphatic heterocycles. The fraction of sp³-hybridized carbons (Fsp3) is 0.182. The Hall–Kier alpha value is -1.69. The Bertz CT molecular complexity index is 541. The van der Waals surface area contributed by atoms with Gasteiger partial charge in [-0.3, -0.25) is 9.78 Å². The summed E-state index contributed by atoms with van der Waals surface area (Å²) in [7, 11) is 0. The highest BCUT2D eigenvalue weighted by Gasteiger charge is 2.03. The topological polar surface area (TPSA) is 70.7 Å². The predicted molar refractivity (Wildman–Crippen MR) is 69.0 cm³/mol. The van der Waals surface area contributed by atoms with Crippen LogP contribution < -0.4 is 10.9 Å². The summed E-state index contributed by atoms with van der Waals surface area (Å²) in [4.78, 5) is 21.8. The maximum atomic E-state index is 11.3. The van der Waals surface area contributed by atoms with E-state index in [0.717, 1.165) is 12.0 Å². The number of nitrogens with zero attached hydrogens (tertiary/aromatic N) is 2. The second-order valence-electron chi connectivity index (χ2n) is 3.43. The highest BCUT2D eigenvalue weighted by molar-refractivity contribution is 9.10. The number of halogens is 1. The second kappa shape index (κ2) is 5.58. The van der Waals surface area contributed by atoms with Gasteiger partial charge in [0.2, 0.25) is 0 Å². The zero-order valence-corrected chi connectivity index (χ0v) is 10.6. The highest BCUT2D eigenvalue weighted by Crippen LogP contribution is 2.12. The summed E-state index contributed by atoms with van der Waals surface area (Å²) in [5.41, 5.74) is 0.949. The first-order valence-corrected chi connectivity index (χ1v) is 5.92. The summed E-state index contributed by atoms with van der Waals surface area (Å²) in [5.74, 6) is 0.553. The minimum Gasteiger partial charge on any atom is -0.369 e. The van der Waals surface area contributed by atoms with Gasteiger partial charge in [-0.05, 0) is 34.0 Å². The van der Waals surface area contributed by atoms with Crippen LogP contribution in [0.4, 0.5) is 5.82 Å². The Balaban J connectivity index is 1.95. The first-order valence-electron chi connectivity index (χ1n) is 5.13. The second-order valence-corrected chi connectivity index (χ2v) is 4.23. The van der Waals surface area contributed by atoms with Gasteiger partial charge in [-0.25, -0.2) is 4.98 Å². The van der Waals surface area contributed by atoms with Gasteiger partial charge in [-0.2, -0.15) is 0 Å². The van der Waals surface area contributed by atoms with Crippen molar-refractivity contribution in [2.45, 2.75) is 6.42 Å². The Morgan fingerprint density at radius 2 is 2.35 bits per heavy atom. The molecule has 5 nitrogen and oxygen atoms in total. The SMILES string of the molecule is O=c1[nH]cnc(NCCc2cccnc2)c1Br. The van der Waals surface area contributed by atoms with Gasteiger partial charge < -0.3 is 10.3 Å². The maximum Gasteiger partial charge on any atom is 0.267 e. The van der Waals surface area contributed by atoms with Crippen LogP contribution in [0.1, 0.15) is 5.56 Å². The largest absolute Gasteiger partial charge is 0.369 e. The summed E-state index contributed by atoms with van der Waals surface area (Å²) in [6.45, 7) is 0.695. The van der Waals surface area contributed by atoms with Crippen molar-refractivity contribution in [1.82, 2.24) is 15.0 Å². The van der Waals surface area contributed by atoms with Gasteiger partial charge in [0.25, 0.3) is 5.56 Å². The van der Waals surface area contributed by atoms with Crippen LogP contribution in [0.15, 0.2) is 40.1 Å². The lowest BCUT2D eigenvalue weighted by Gasteiger charge is -2.06. The molecule has 0 saturated carbocycles. The molecule has 0 aliphatic carbocycles. The minimum atomic E-state index is -0.191. The lowest BCUT2D eigenvalue weighted by molar-refractivity contribution is 0.979. The van der Waals surface area contributed by atoms with Crippen molar-refractivity contribution in [1.29, 1.82) is 0 Å². The first kappa shape index (κ1) is 11.8. The molecular formula is C11H11BrN4O. The molecular weight excluding hydrogens is 284 g/mol. The molecule has 2 rings (SSSR count). The van der Waals surface area contributed by atoms with Crippen LogP contribution in [0, 0.1) is 0 Å². The fourth-order valence-corrected chi connectivity index (χ4v) is 1.73.